The van der Waals surface area contributed by atoms with Gasteiger partial charge in [-0.25, -0.2) is 9.37 Å². The molecule has 116 valence electrons. The van der Waals surface area contributed by atoms with Crippen molar-refractivity contribution >= 4 is 11.8 Å². The quantitative estimate of drug-likeness (QED) is 0.920. The lowest BCUT2D eigenvalue weighted by Crippen LogP contribution is -2.30. The molecule has 4 nitrogen and oxygen atoms in total. The summed E-state index contributed by atoms with van der Waals surface area (Å²) in [5, 5.41) is 0. The summed E-state index contributed by atoms with van der Waals surface area (Å²) >= 11 is 0. The molecule has 0 aliphatic carbocycles. The van der Waals surface area contributed by atoms with Gasteiger partial charge in [-0.1, -0.05) is 31.0 Å². The second kappa shape index (κ2) is 6.30. The Morgan fingerprint density at radius 2 is 2.00 bits per heavy atom. The molecule has 1 saturated heterocycles. The zero-order valence-corrected chi connectivity index (χ0v) is 12.8. The average Bonchev–Trinajstić information content (AvgIpc) is 2.72. The standard InChI is InChI=1S/C17H21FN4/c1-12-11-16(21-17(19)20-12)22-10-6-2-3-9-15(22)13-7-4-5-8-14(13)18/h4-5,7-8,11,15H,2-3,6,9-10H2,1H3,(H2,19,20,21). The summed E-state index contributed by atoms with van der Waals surface area (Å²) < 4.78 is 14.3. The van der Waals surface area contributed by atoms with Crippen LogP contribution in [0.3, 0.4) is 0 Å². The van der Waals surface area contributed by atoms with Gasteiger partial charge in [0.25, 0.3) is 0 Å². The first-order chi connectivity index (χ1) is 10.6. The van der Waals surface area contributed by atoms with Crippen molar-refractivity contribution in [2.45, 2.75) is 38.6 Å². The van der Waals surface area contributed by atoms with Crippen LogP contribution in [0, 0.1) is 12.7 Å². The highest BCUT2D eigenvalue weighted by atomic mass is 19.1. The summed E-state index contributed by atoms with van der Waals surface area (Å²) in [6.07, 6.45) is 4.24. The minimum absolute atomic E-state index is 0.00241. The fourth-order valence-electron chi connectivity index (χ4n) is 3.17. The molecule has 3 rings (SSSR count). The van der Waals surface area contributed by atoms with Gasteiger partial charge < -0.3 is 10.6 Å². The van der Waals surface area contributed by atoms with Gasteiger partial charge in [-0.3, -0.25) is 0 Å². The third kappa shape index (κ3) is 3.03. The first-order valence-corrected chi connectivity index (χ1v) is 7.77. The van der Waals surface area contributed by atoms with Crippen LogP contribution in [0.5, 0.6) is 0 Å². The molecule has 1 atom stereocenters. The Morgan fingerprint density at radius 1 is 1.18 bits per heavy atom. The largest absolute Gasteiger partial charge is 0.368 e. The van der Waals surface area contributed by atoms with E-state index in [0.29, 0.717) is 0 Å². The van der Waals surface area contributed by atoms with Gasteiger partial charge in [0.2, 0.25) is 5.95 Å². The monoisotopic (exact) mass is 300 g/mol. The minimum atomic E-state index is -0.154. The molecule has 1 fully saturated rings. The predicted octanol–water partition coefficient (Wildman–Crippen LogP) is 3.63. The van der Waals surface area contributed by atoms with Crippen LogP contribution in [0.25, 0.3) is 0 Å². The molecule has 5 heteroatoms. The molecule has 1 aliphatic heterocycles. The lowest BCUT2D eigenvalue weighted by Gasteiger charge is -2.32. The molecule has 0 radical (unpaired) electrons. The molecule has 0 spiro atoms. The maximum absolute atomic E-state index is 14.3. The SMILES string of the molecule is Cc1cc(N2CCCCCC2c2ccccc2F)nc(N)n1. The van der Waals surface area contributed by atoms with E-state index in [-0.39, 0.29) is 17.8 Å². The predicted molar refractivity (Wildman–Crippen MR) is 86.1 cm³/mol. The summed E-state index contributed by atoms with van der Waals surface area (Å²) in [6, 6.07) is 8.94. The maximum atomic E-state index is 14.3. The van der Waals surface area contributed by atoms with Crippen molar-refractivity contribution in [3.05, 3.63) is 47.4 Å². The van der Waals surface area contributed by atoms with E-state index in [9.17, 15) is 4.39 Å². The number of nitrogens with two attached hydrogens (primary N) is 1. The van der Waals surface area contributed by atoms with Crippen molar-refractivity contribution < 1.29 is 4.39 Å². The Balaban J connectivity index is 2.03. The summed E-state index contributed by atoms with van der Waals surface area (Å²) in [5.74, 6) is 0.907. The third-order valence-electron chi connectivity index (χ3n) is 4.17. The first-order valence-electron chi connectivity index (χ1n) is 7.77. The lowest BCUT2D eigenvalue weighted by atomic mass is 10.00. The van der Waals surface area contributed by atoms with E-state index in [1.54, 1.807) is 6.07 Å². The third-order valence-corrected chi connectivity index (χ3v) is 4.17. The van der Waals surface area contributed by atoms with Gasteiger partial charge in [-0.2, -0.15) is 4.98 Å². The van der Waals surface area contributed by atoms with Gasteiger partial charge in [0.05, 0.1) is 6.04 Å². The highest BCUT2D eigenvalue weighted by Gasteiger charge is 2.26. The first kappa shape index (κ1) is 14.8. The topological polar surface area (TPSA) is 55.0 Å². The number of anilines is 2. The van der Waals surface area contributed by atoms with Gasteiger partial charge in [-0.15, -0.1) is 0 Å². The number of nitrogen functional groups attached to an aromatic ring is 1. The van der Waals surface area contributed by atoms with Gasteiger partial charge in [-0.05, 0) is 25.8 Å². The number of halogens is 1. The van der Waals surface area contributed by atoms with E-state index < -0.39 is 0 Å². The van der Waals surface area contributed by atoms with E-state index in [0.717, 1.165) is 49.3 Å². The number of hydrogen-bond donors (Lipinski definition) is 1. The van der Waals surface area contributed by atoms with E-state index in [2.05, 4.69) is 14.9 Å². The molecule has 0 amide bonds. The van der Waals surface area contributed by atoms with E-state index in [4.69, 9.17) is 5.73 Å². The highest BCUT2D eigenvalue weighted by Crippen LogP contribution is 2.34. The fraction of sp³-hybridized carbons (Fsp3) is 0.412. The van der Waals surface area contributed by atoms with Crippen molar-refractivity contribution in [2.24, 2.45) is 0 Å². The number of benzene rings is 1. The summed E-state index contributed by atoms with van der Waals surface area (Å²) in [6.45, 7) is 2.76. The van der Waals surface area contributed by atoms with Crippen molar-refractivity contribution in [1.82, 2.24) is 9.97 Å². The number of aromatic nitrogens is 2. The van der Waals surface area contributed by atoms with Crippen LogP contribution < -0.4 is 10.6 Å². The van der Waals surface area contributed by atoms with Crippen LogP contribution >= 0.6 is 0 Å². The van der Waals surface area contributed by atoms with E-state index >= 15 is 0 Å². The van der Waals surface area contributed by atoms with Gasteiger partial charge >= 0.3 is 0 Å². The zero-order valence-electron chi connectivity index (χ0n) is 12.8. The molecule has 2 N–H and O–H groups in total. The second-order valence-corrected chi connectivity index (χ2v) is 5.81. The van der Waals surface area contributed by atoms with Crippen molar-refractivity contribution in [1.29, 1.82) is 0 Å². The Kier molecular flexibility index (Phi) is 4.22. The molecule has 0 bridgehead atoms. The van der Waals surface area contributed by atoms with Crippen molar-refractivity contribution in [3.8, 4) is 0 Å². The van der Waals surface area contributed by atoms with Crippen LogP contribution in [0.4, 0.5) is 16.2 Å². The van der Waals surface area contributed by atoms with Crippen molar-refractivity contribution in [3.63, 3.8) is 0 Å². The van der Waals surface area contributed by atoms with E-state index in [1.165, 1.54) is 6.07 Å². The van der Waals surface area contributed by atoms with Crippen LogP contribution in [0.15, 0.2) is 30.3 Å². The molecule has 0 saturated carbocycles. The molecule has 22 heavy (non-hydrogen) atoms. The fourth-order valence-corrected chi connectivity index (χ4v) is 3.17. The molecule has 1 aromatic carbocycles. The number of aryl methyl sites for hydroxylation is 1. The molecule has 1 aromatic heterocycles. The van der Waals surface area contributed by atoms with Crippen LogP contribution in [-0.4, -0.2) is 16.5 Å². The lowest BCUT2D eigenvalue weighted by molar-refractivity contribution is 0.540. The molecule has 2 aromatic rings. The van der Waals surface area contributed by atoms with Gasteiger partial charge in [0, 0.05) is 23.9 Å². The molecular formula is C17H21FN4. The highest BCUT2D eigenvalue weighted by molar-refractivity contribution is 5.46. The number of nitrogens with zero attached hydrogens (tertiary/aromatic N) is 3. The molecule has 2 heterocycles. The second-order valence-electron chi connectivity index (χ2n) is 5.81. The van der Waals surface area contributed by atoms with Crippen LogP contribution in [0.2, 0.25) is 0 Å². The van der Waals surface area contributed by atoms with Crippen LogP contribution in [0.1, 0.15) is 43.0 Å². The maximum Gasteiger partial charge on any atom is 0.222 e. The Morgan fingerprint density at radius 3 is 2.77 bits per heavy atom. The van der Waals surface area contributed by atoms with E-state index in [1.807, 2.05) is 25.1 Å². The normalized spacial score (nSPS) is 19.0. The minimum Gasteiger partial charge on any atom is -0.368 e. The average molecular weight is 300 g/mol. The number of hydrogen-bond acceptors (Lipinski definition) is 4. The Hall–Kier alpha value is -2.17. The molecular weight excluding hydrogens is 279 g/mol. The molecule has 1 unspecified atom stereocenters. The Bertz CT molecular complexity index is 639. The summed E-state index contributed by atoms with van der Waals surface area (Å²) in [5.41, 5.74) is 7.36. The summed E-state index contributed by atoms with van der Waals surface area (Å²) in [4.78, 5) is 10.7. The number of rotatable bonds is 2. The van der Waals surface area contributed by atoms with Gasteiger partial charge in [0.1, 0.15) is 11.6 Å². The van der Waals surface area contributed by atoms with Crippen LogP contribution in [-0.2, 0) is 0 Å². The Labute approximate surface area is 130 Å². The molecule has 1 aliphatic rings. The summed E-state index contributed by atoms with van der Waals surface area (Å²) in [7, 11) is 0. The van der Waals surface area contributed by atoms with Crippen molar-refractivity contribution in [2.75, 3.05) is 17.2 Å². The van der Waals surface area contributed by atoms with Gasteiger partial charge in [0.15, 0.2) is 0 Å². The zero-order chi connectivity index (χ0) is 15.5. The smallest absolute Gasteiger partial charge is 0.222 e.